The maximum Gasteiger partial charge on any atom is 0.255 e. The van der Waals surface area contributed by atoms with Crippen molar-refractivity contribution in [3.8, 4) is 11.8 Å². The van der Waals surface area contributed by atoms with Crippen molar-refractivity contribution in [2.24, 2.45) is 5.73 Å². The number of hydrogen-bond donors (Lipinski definition) is 2. The summed E-state index contributed by atoms with van der Waals surface area (Å²) in [4.78, 5) is 35.3. The van der Waals surface area contributed by atoms with Gasteiger partial charge < -0.3 is 20.7 Å². The smallest absolute Gasteiger partial charge is 0.255 e. The molecular weight excluding hydrogens is 446 g/mol. The third-order valence-corrected chi connectivity index (χ3v) is 5.94. The Morgan fingerprint density at radius 3 is 2.83 bits per heavy atom. The van der Waals surface area contributed by atoms with E-state index in [0.717, 1.165) is 16.7 Å². The minimum absolute atomic E-state index is 0.140. The predicted molar refractivity (Wildman–Crippen MR) is 132 cm³/mol. The second-order valence-corrected chi connectivity index (χ2v) is 8.29. The predicted octanol–water partition coefficient (Wildman–Crippen LogP) is 1.65. The number of fused-ring (bicyclic) bond motifs is 1. The van der Waals surface area contributed by atoms with Gasteiger partial charge in [-0.1, -0.05) is 12.5 Å². The van der Waals surface area contributed by atoms with Crippen molar-refractivity contribution in [1.29, 1.82) is 0 Å². The van der Waals surface area contributed by atoms with E-state index in [1.807, 2.05) is 25.1 Å². The van der Waals surface area contributed by atoms with E-state index in [4.69, 9.17) is 10.5 Å². The zero-order chi connectivity index (χ0) is 25.1. The molecule has 0 aliphatic carbocycles. The van der Waals surface area contributed by atoms with Crippen molar-refractivity contribution in [2.75, 3.05) is 32.6 Å². The standard InChI is InChI=1S/C25H27N7O3/c1-5-22(33)31-13-17(11-18(31)14-35-4)32-25(27-3)23(24(26)34)20(30-32)9-7-16-6-8-19-21(10-16)28-12-15(2)29-19/h5-6,8,10,12,17-18,27H,1,11,13-14H2,2-4H3,(H2,26,34)/t17-,18+/m0/s1. The van der Waals surface area contributed by atoms with Crippen molar-refractivity contribution in [3.05, 3.63) is 59.6 Å². The van der Waals surface area contributed by atoms with Crippen LogP contribution in [-0.2, 0) is 9.53 Å². The Morgan fingerprint density at radius 2 is 2.14 bits per heavy atom. The fourth-order valence-electron chi connectivity index (χ4n) is 4.38. The Bertz CT molecular complexity index is 1370. The molecule has 4 rings (SSSR count). The van der Waals surface area contributed by atoms with Crippen LogP contribution in [-0.4, -0.2) is 69.8 Å². The average molecular weight is 474 g/mol. The van der Waals surface area contributed by atoms with Crippen molar-refractivity contribution in [2.45, 2.75) is 25.4 Å². The van der Waals surface area contributed by atoms with Crippen molar-refractivity contribution in [1.82, 2.24) is 24.6 Å². The second kappa shape index (κ2) is 9.95. The van der Waals surface area contributed by atoms with Gasteiger partial charge in [0.2, 0.25) is 5.91 Å². The quantitative estimate of drug-likeness (QED) is 0.411. The zero-order valence-corrected chi connectivity index (χ0v) is 19.9. The van der Waals surface area contributed by atoms with Gasteiger partial charge in [0, 0.05) is 32.5 Å². The molecule has 0 spiro atoms. The molecule has 10 heteroatoms. The highest BCUT2D eigenvalue weighted by Crippen LogP contribution is 2.32. The number of nitrogens with one attached hydrogen (secondary N) is 1. The summed E-state index contributed by atoms with van der Waals surface area (Å²) in [6.07, 6.45) is 3.58. The summed E-state index contributed by atoms with van der Waals surface area (Å²) in [5, 5.41) is 7.67. The molecule has 1 aliphatic heterocycles. The molecule has 3 N–H and O–H groups in total. The van der Waals surface area contributed by atoms with Gasteiger partial charge in [0.25, 0.3) is 5.91 Å². The van der Waals surface area contributed by atoms with Crippen LogP contribution < -0.4 is 11.1 Å². The van der Waals surface area contributed by atoms with Crippen molar-refractivity contribution < 1.29 is 14.3 Å². The topological polar surface area (TPSA) is 128 Å². The maximum atomic E-state index is 12.4. The van der Waals surface area contributed by atoms with Crippen LogP contribution in [0.3, 0.4) is 0 Å². The third kappa shape index (κ3) is 4.72. The minimum atomic E-state index is -0.643. The molecule has 0 unspecified atom stereocenters. The molecule has 1 aliphatic rings. The number of hydrogen-bond acceptors (Lipinski definition) is 7. The number of aryl methyl sites for hydroxylation is 1. The van der Waals surface area contributed by atoms with Gasteiger partial charge in [-0.3, -0.25) is 14.6 Å². The van der Waals surface area contributed by atoms with Gasteiger partial charge in [0.05, 0.1) is 35.4 Å². The number of benzene rings is 1. The SMILES string of the molecule is C=CC(=O)N1C[C@@H](n2nc(C#Cc3ccc4nc(C)cnc4c3)c(C(N)=O)c2NC)C[C@@H]1COC. The lowest BCUT2D eigenvalue weighted by Gasteiger charge is -2.22. The molecule has 3 aromatic rings. The van der Waals surface area contributed by atoms with Gasteiger partial charge in [-0.15, -0.1) is 0 Å². The van der Waals surface area contributed by atoms with Crippen LogP contribution in [0.25, 0.3) is 11.0 Å². The number of methoxy groups -OCH3 is 1. The molecule has 1 fully saturated rings. The lowest BCUT2D eigenvalue weighted by atomic mass is 10.1. The first kappa shape index (κ1) is 23.9. The molecule has 2 aromatic heterocycles. The van der Waals surface area contributed by atoms with Gasteiger partial charge >= 0.3 is 0 Å². The molecular formula is C25H27N7O3. The van der Waals surface area contributed by atoms with Gasteiger partial charge in [0.15, 0.2) is 5.69 Å². The number of anilines is 1. The van der Waals surface area contributed by atoms with E-state index < -0.39 is 5.91 Å². The van der Waals surface area contributed by atoms with E-state index in [1.54, 1.807) is 29.9 Å². The highest BCUT2D eigenvalue weighted by molar-refractivity contribution is 6.00. The van der Waals surface area contributed by atoms with Gasteiger partial charge in [-0.05, 0) is 43.5 Å². The Balaban J connectivity index is 1.72. The van der Waals surface area contributed by atoms with Gasteiger partial charge in [0.1, 0.15) is 11.4 Å². The Morgan fingerprint density at radius 1 is 1.34 bits per heavy atom. The number of carbonyl (C=O) groups excluding carboxylic acids is 2. The molecule has 3 heterocycles. The fraction of sp³-hybridized carbons (Fsp3) is 0.320. The largest absolute Gasteiger partial charge is 0.383 e. The Labute approximate surface area is 203 Å². The Hall–Kier alpha value is -4.23. The zero-order valence-electron chi connectivity index (χ0n) is 19.9. The number of rotatable bonds is 6. The number of primary amides is 1. The van der Waals surface area contributed by atoms with Crippen LogP contribution >= 0.6 is 0 Å². The molecule has 0 saturated carbocycles. The molecule has 180 valence electrons. The summed E-state index contributed by atoms with van der Waals surface area (Å²) in [6.45, 7) is 6.25. The molecule has 1 saturated heterocycles. The van der Waals surface area contributed by atoms with E-state index in [2.05, 4.69) is 38.8 Å². The molecule has 2 amide bonds. The molecule has 35 heavy (non-hydrogen) atoms. The summed E-state index contributed by atoms with van der Waals surface area (Å²) in [6, 6.07) is 5.19. The van der Waals surface area contributed by atoms with Crippen molar-refractivity contribution in [3.63, 3.8) is 0 Å². The average Bonchev–Trinajstić information content (AvgIpc) is 3.43. The van der Waals surface area contributed by atoms with Crippen LogP contribution in [0.15, 0.2) is 37.1 Å². The number of ether oxygens (including phenoxy) is 1. The first-order valence-corrected chi connectivity index (χ1v) is 11.1. The molecule has 1 aromatic carbocycles. The summed E-state index contributed by atoms with van der Waals surface area (Å²) in [5.41, 5.74) is 9.22. The normalized spacial score (nSPS) is 17.2. The van der Waals surface area contributed by atoms with E-state index in [9.17, 15) is 9.59 Å². The highest BCUT2D eigenvalue weighted by atomic mass is 16.5. The van der Waals surface area contributed by atoms with Crippen LogP contribution in [0.5, 0.6) is 0 Å². The molecule has 2 atom stereocenters. The highest BCUT2D eigenvalue weighted by Gasteiger charge is 2.37. The lowest BCUT2D eigenvalue weighted by Crippen LogP contribution is -2.37. The minimum Gasteiger partial charge on any atom is -0.383 e. The first-order valence-electron chi connectivity index (χ1n) is 11.1. The van der Waals surface area contributed by atoms with Crippen LogP contribution in [0, 0.1) is 18.8 Å². The summed E-state index contributed by atoms with van der Waals surface area (Å²) < 4.78 is 7.00. The number of aromatic nitrogens is 4. The maximum absolute atomic E-state index is 12.4. The molecule has 10 nitrogen and oxygen atoms in total. The summed E-state index contributed by atoms with van der Waals surface area (Å²) >= 11 is 0. The fourth-order valence-corrected chi connectivity index (χ4v) is 4.38. The first-order chi connectivity index (χ1) is 16.9. The van der Waals surface area contributed by atoms with Crippen LogP contribution in [0.2, 0.25) is 0 Å². The van der Waals surface area contributed by atoms with Crippen LogP contribution in [0.4, 0.5) is 5.82 Å². The number of nitrogens with zero attached hydrogens (tertiary/aromatic N) is 5. The van der Waals surface area contributed by atoms with E-state index in [1.165, 1.54) is 6.08 Å². The Kier molecular flexibility index (Phi) is 6.80. The van der Waals surface area contributed by atoms with Gasteiger partial charge in [-0.25, -0.2) is 9.67 Å². The van der Waals surface area contributed by atoms with Crippen LogP contribution in [0.1, 0.15) is 39.8 Å². The monoisotopic (exact) mass is 473 g/mol. The van der Waals surface area contributed by atoms with Gasteiger partial charge in [-0.2, -0.15) is 5.10 Å². The second-order valence-electron chi connectivity index (χ2n) is 8.29. The number of amides is 2. The summed E-state index contributed by atoms with van der Waals surface area (Å²) in [7, 11) is 3.28. The number of carbonyl (C=O) groups is 2. The number of likely N-dealkylation sites (tertiary alicyclic amines) is 1. The molecule has 0 bridgehead atoms. The summed E-state index contributed by atoms with van der Waals surface area (Å²) in [5.74, 6) is 5.68. The van der Waals surface area contributed by atoms with E-state index >= 15 is 0 Å². The molecule has 0 radical (unpaired) electrons. The lowest BCUT2D eigenvalue weighted by molar-refractivity contribution is -0.127. The number of nitrogens with two attached hydrogens (primary N) is 1. The van der Waals surface area contributed by atoms with E-state index in [0.29, 0.717) is 31.0 Å². The van der Waals surface area contributed by atoms with E-state index in [-0.39, 0.29) is 29.2 Å². The third-order valence-electron chi connectivity index (χ3n) is 5.94. The van der Waals surface area contributed by atoms with Crippen molar-refractivity contribution >= 4 is 28.7 Å².